The standard InChI is InChI=1S/C14H17Cl3N4O3S/c1-8(2)7-11(22)19-12(14(15,16)17)20-13(25)18-9-3-5-10(6-4-9)21(23)24/h3-6,8,12H,7H2,1-2H3,(H,19,22)(H2,18,20,25)/t12-/m0/s1. The van der Waals surface area contributed by atoms with Crippen LogP contribution in [0.25, 0.3) is 0 Å². The van der Waals surface area contributed by atoms with Crippen LogP contribution >= 0.6 is 47.0 Å². The van der Waals surface area contributed by atoms with Crippen molar-refractivity contribution in [3.05, 3.63) is 34.4 Å². The summed E-state index contributed by atoms with van der Waals surface area (Å²) in [6, 6.07) is 5.60. The maximum atomic E-state index is 11.9. The lowest BCUT2D eigenvalue weighted by Gasteiger charge is -2.28. The number of non-ortho nitro benzene ring substituents is 1. The van der Waals surface area contributed by atoms with Gasteiger partial charge in [-0.15, -0.1) is 0 Å². The number of rotatable bonds is 6. The highest BCUT2D eigenvalue weighted by Crippen LogP contribution is 2.29. The molecular weight excluding hydrogens is 411 g/mol. The average Bonchev–Trinajstić information content (AvgIpc) is 2.45. The molecule has 0 saturated carbocycles. The molecule has 0 aliphatic heterocycles. The number of carbonyl (C=O) groups is 1. The van der Waals surface area contributed by atoms with Crippen LogP contribution in [0.3, 0.4) is 0 Å². The molecule has 0 bridgehead atoms. The molecule has 1 atom stereocenters. The largest absolute Gasteiger partial charge is 0.339 e. The minimum atomic E-state index is -1.84. The van der Waals surface area contributed by atoms with Crippen LogP contribution in [0.15, 0.2) is 24.3 Å². The van der Waals surface area contributed by atoms with Gasteiger partial charge in [0.15, 0.2) is 5.11 Å². The van der Waals surface area contributed by atoms with Crippen molar-refractivity contribution in [3.63, 3.8) is 0 Å². The lowest BCUT2D eigenvalue weighted by molar-refractivity contribution is -0.384. The van der Waals surface area contributed by atoms with Gasteiger partial charge in [0.2, 0.25) is 9.70 Å². The number of amides is 1. The van der Waals surface area contributed by atoms with Crippen LogP contribution in [-0.2, 0) is 4.79 Å². The van der Waals surface area contributed by atoms with Crippen LogP contribution in [0.5, 0.6) is 0 Å². The second kappa shape index (κ2) is 9.38. The maximum Gasteiger partial charge on any atom is 0.269 e. The van der Waals surface area contributed by atoms with Crippen LogP contribution in [0.4, 0.5) is 11.4 Å². The summed E-state index contributed by atoms with van der Waals surface area (Å²) in [5.74, 6) is -0.154. The molecule has 0 fully saturated rings. The summed E-state index contributed by atoms with van der Waals surface area (Å²) in [5, 5.41) is 18.8. The van der Waals surface area contributed by atoms with Gasteiger partial charge in [0.1, 0.15) is 6.17 Å². The average molecular weight is 428 g/mol. The zero-order chi connectivity index (χ0) is 19.2. The van der Waals surface area contributed by atoms with Crippen LogP contribution in [0.1, 0.15) is 20.3 Å². The van der Waals surface area contributed by atoms with E-state index in [0.29, 0.717) is 5.69 Å². The van der Waals surface area contributed by atoms with Gasteiger partial charge in [0.25, 0.3) is 5.69 Å². The van der Waals surface area contributed by atoms with Gasteiger partial charge in [-0.2, -0.15) is 0 Å². The normalized spacial score (nSPS) is 12.4. The zero-order valence-corrected chi connectivity index (χ0v) is 16.5. The van der Waals surface area contributed by atoms with Crippen LogP contribution in [0, 0.1) is 16.0 Å². The first-order chi connectivity index (χ1) is 11.5. The molecule has 0 saturated heterocycles. The van der Waals surface area contributed by atoms with E-state index in [0.717, 1.165) is 0 Å². The summed E-state index contributed by atoms with van der Waals surface area (Å²) in [4.78, 5) is 22.0. The van der Waals surface area contributed by atoms with E-state index in [4.69, 9.17) is 47.0 Å². The zero-order valence-electron chi connectivity index (χ0n) is 13.4. The molecule has 7 nitrogen and oxygen atoms in total. The Morgan fingerprint density at radius 3 is 2.24 bits per heavy atom. The van der Waals surface area contributed by atoms with Gasteiger partial charge in [0, 0.05) is 24.2 Å². The number of benzene rings is 1. The molecule has 25 heavy (non-hydrogen) atoms. The topological polar surface area (TPSA) is 96.3 Å². The van der Waals surface area contributed by atoms with Crippen molar-refractivity contribution in [1.82, 2.24) is 10.6 Å². The van der Waals surface area contributed by atoms with E-state index in [1.165, 1.54) is 24.3 Å². The number of halogens is 3. The predicted molar refractivity (Wildman–Crippen MR) is 104 cm³/mol. The minimum Gasteiger partial charge on any atom is -0.339 e. The first-order valence-corrected chi connectivity index (χ1v) is 8.71. The predicted octanol–water partition coefficient (Wildman–Crippen LogP) is 3.74. The molecule has 0 heterocycles. The molecule has 1 rings (SSSR count). The molecule has 0 spiro atoms. The Hall–Kier alpha value is -1.35. The molecule has 3 N–H and O–H groups in total. The van der Waals surface area contributed by atoms with Gasteiger partial charge in [-0.05, 0) is 30.3 Å². The van der Waals surface area contributed by atoms with Crippen molar-refractivity contribution in [2.24, 2.45) is 5.92 Å². The molecule has 1 amide bonds. The fourth-order valence-corrected chi connectivity index (χ4v) is 2.32. The Morgan fingerprint density at radius 2 is 1.80 bits per heavy atom. The van der Waals surface area contributed by atoms with E-state index in [2.05, 4.69) is 16.0 Å². The smallest absolute Gasteiger partial charge is 0.269 e. The van der Waals surface area contributed by atoms with Crippen molar-refractivity contribution in [3.8, 4) is 0 Å². The Balaban J connectivity index is 2.71. The molecule has 0 aromatic heterocycles. The van der Waals surface area contributed by atoms with Gasteiger partial charge in [-0.1, -0.05) is 48.7 Å². The highest BCUT2D eigenvalue weighted by atomic mass is 35.6. The van der Waals surface area contributed by atoms with Gasteiger partial charge in [0.05, 0.1) is 4.92 Å². The third-order valence-electron chi connectivity index (χ3n) is 2.84. The van der Waals surface area contributed by atoms with Crippen molar-refractivity contribution >= 4 is 69.4 Å². The Kier molecular flexibility index (Phi) is 8.14. The third-order valence-corrected chi connectivity index (χ3v) is 3.71. The highest BCUT2D eigenvalue weighted by molar-refractivity contribution is 7.80. The van der Waals surface area contributed by atoms with Crippen molar-refractivity contribution < 1.29 is 9.72 Å². The number of nitrogens with zero attached hydrogens (tertiary/aromatic N) is 1. The molecule has 138 valence electrons. The van der Waals surface area contributed by atoms with Crippen molar-refractivity contribution in [2.75, 3.05) is 5.32 Å². The molecular formula is C14H17Cl3N4O3S. The maximum absolute atomic E-state index is 11.9. The Bertz CT molecular complexity index is 635. The molecule has 0 radical (unpaired) electrons. The van der Waals surface area contributed by atoms with E-state index in [-0.39, 0.29) is 29.0 Å². The monoisotopic (exact) mass is 426 g/mol. The first-order valence-electron chi connectivity index (χ1n) is 7.17. The third kappa shape index (κ3) is 8.04. The molecule has 1 aromatic rings. The second-order valence-electron chi connectivity index (χ2n) is 5.54. The van der Waals surface area contributed by atoms with E-state index in [1.54, 1.807) is 0 Å². The summed E-state index contributed by atoms with van der Waals surface area (Å²) in [6.07, 6.45) is -0.789. The number of nitro benzene ring substituents is 1. The van der Waals surface area contributed by atoms with E-state index < -0.39 is 14.9 Å². The SMILES string of the molecule is CC(C)CC(=O)N[C@@H](NC(=S)Nc1ccc([N+](=O)[O-])cc1)C(Cl)(Cl)Cl. The van der Waals surface area contributed by atoms with Crippen molar-refractivity contribution in [2.45, 2.75) is 30.2 Å². The number of nitrogens with one attached hydrogen (secondary N) is 3. The minimum absolute atomic E-state index is 0.0513. The number of nitro groups is 1. The highest BCUT2D eigenvalue weighted by Gasteiger charge is 2.34. The number of hydrogen-bond donors (Lipinski definition) is 3. The fraction of sp³-hybridized carbons (Fsp3) is 0.429. The van der Waals surface area contributed by atoms with Gasteiger partial charge >= 0.3 is 0 Å². The quantitative estimate of drug-likeness (QED) is 0.210. The summed E-state index contributed by atoms with van der Waals surface area (Å²) >= 11 is 22.7. The molecule has 1 aromatic carbocycles. The van der Waals surface area contributed by atoms with Crippen molar-refractivity contribution in [1.29, 1.82) is 0 Å². The molecule has 0 unspecified atom stereocenters. The summed E-state index contributed by atoms with van der Waals surface area (Å²) in [7, 11) is 0. The number of hydrogen-bond acceptors (Lipinski definition) is 4. The second-order valence-corrected chi connectivity index (χ2v) is 8.32. The van der Waals surface area contributed by atoms with E-state index in [9.17, 15) is 14.9 Å². The van der Waals surface area contributed by atoms with E-state index in [1.807, 2.05) is 13.8 Å². The van der Waals surface area contributed by atoms with Gasteiger partial charge in [-0.25, -0.2) is 0 Å². The van der Waals surface area contributed by atoms with Crippen LogP contribution in [-0.4, -0.2) is 25.9 Å². The summed E-state index contributed by atoms with van der Waals surface area (Å²) < 4.78 is -1.84. The van der Waals surface area contributed by atoms with Crippen LogP contribution in [0.2, 0.25) is 0 Å². The number of thiocarbonyl (C=S) groups is 1. The van der Waals surface area contributed by atoms with E-state index >= 15 is 0 Å². The molecule has 0 aliphatic carbocycles. The summed E-state index contributed by atoms with van der Waals surface area (Å²) in [6.45, 7) is 3.77. The molecule has 0 aliphatic rings. The Labute approximate surface area is 165 Å². The number of carbonyl (C=O) groups excluding carboxylic acids is 1. The first kappa shape index (κ1) is 21.7. The lowest BCUT2D eigenvalue weighted by atomic mass is 10.1. The number of alkyl halides is 3. The van der Waals surface area contributed by atoms with Gasteiger partial charge < -0.3 is 16.0 Å². The fourth-order valence-electron chi connectivity index (χ4n) is 1.76. The van der Waals surface area contributed by atoms with Crippen LogP contribution < -0.4 is 16.0 Å². The number of anilines is 1. The Morgan fingerprint density at radius 1 is 1.24 bits per heavy atom. The summed E-state index contributed by atoms with van der Waals surface area (Å²) in [5.41, 5.74) is 0.448. The molecule has 11 heteroatoms. The van der Waals surface area contributed by atoms with Gasteiger partial charge in [-0.3, -0.25) is 14.9 Å². The lowest BCUT2D eigenvalue weighted by Crippen LogP contribution is -2.56.